The van der Waals surface area contributed by atoms with Gasteiger partial charge in [0.1, 0.15) is 0 Å². The van der Waals surface area contributed by atoms with Gasteiger partial charge in [-0.15, -0.1) is 0 Å². The summed E-state index contributed by atoms with van der Waals surface area (Å²) in [5.41, 5.74) is 6.31. The van der Waals surface area contributed by atoms with E-state index >= 15 is 0 Å². The lowest BCUT2D eigenvalue weighted by atomic mass is 10.2. The van der Waals surface area contributed by atoms with Crippen LogP contribution in [0.25, 0.3) is 0 Å². The molecular weight excluding hydrogens is 148 g/mol. The maximum absolute atomic E-state index is 6.09. The summed E-state index contributed by atoms with van der Waals surface area (Å²) in [5, 5.41) is 0. The van der Waals surface area contributed by atoms with Crippen LogP contribution in [0.3, 0.4) is 0 Å². The Morgan fingerprint density at radius 2 is 1.58 bits per heavy atom. The van der Waals surface area contributed by atoms with Crippen molar-refractivity contribution in [2.45, 2.75) is 44.1 Å². The summed E-state index contributed by atoms with van der Waals surface area (Å²) in [6, 6.07) is 0. The molecular formula is C10H20N2. The van der Waals surface area contributed by atoms with E-state index in [0.29, 0.717) is 0 Å². The van der Waals surface area contributed by atoms with Crippen molar-refractivity contribution in [1.29, 1.82) is 0 Å². The Balaban J connectivity index is 1.77. The van der Waals surface area contributed by atoms with Crippen LogP contribution in [-0.4, -0.2) is 30.1 Å². The normalized spacial score (nSPS) is 29.8. The van der Waals surface area contributed by atoms with E-state index in [4.69, 9.17) is 5.73 Å². The highest BCUT2D eigenvalue weighted by atomic mass is 15.2. The Labute approximate surface area is 75.1 Å². The minimum absolute atomic E-state index is 0.227. The Hall–Kier alpha value is -0.0800. The molecule has 2 N–H and O–H groups in total. The zero-order valence-corrected chi connectivity index (χ0v) is 7.89. The average molecular weight is 168 g/mol. The third-order valence-corrected chi connectivity index (χ3v) is 3.13. The molecule has 0 aromatic carbocycles. The van der Waals surface area contributed by atoms with Gasteiger partial charge in [-0.3, -0.25) is 0 Å². The molecule has 1 aliphatic heterocycles. The summed E-state index contributed by atoms with van der Waals surface area (Å²) in [5.74, 6) is 0. The van der Waals surface area contributed by atoms with Crippen molar-refractivity contribution in [1.82, 2.24) is 4.90 Å². The molecule has 2 aliphatic rings. The highest BCUT2D eigenvalue weighted by Gasteiger charge is 2.39. The first-order chi connectivity index (χ1) is 5.79. The summed E-state index contributed by atoms with van der Waals surface area (Å²) in [6.07, 6.45) is 8.13. The quantitative estimate of drug-likeness (QED) is 0.674. The van der Waals surface area contributed by atoms with E-state index in [-0.39, 0.29) is 5.54 Å². The maximum Gasteiger partial charge on any atom is 0.0284 e. The molecule has 2 fully saturated rings. The molecule has 0 bridgehead atoms. The zero-order valence-electron chi connectivity index (χ0n) is 7.89. The van der Waals surface area contributed by atoms with E-state index in [1.807, 2.05) is 0 Å². The van der Waals surface area contributed by atoms with Gasteiger partial charge in [-0.25, -0.2) is 0 Å². The third-order valence-electron chi connectivity index (χ3n) is 3.13. The number of nitrogens with two attached hydrogens (primary N) is 1. The lowest BCUT2D eigenvalue weighted by molar-refractivity contribution is 0.260. The highest BCUT2D eigenvalue weighted by molar-refractivity contribution is 5.01. The number of nitrogens with zero attached hydrogens (tertiary/aromatic N) is 1. The third kappa shape index (κ3) is 2.20. The number of hydrogen-bond acceptors (Lipinski definition) is 2. The van der Waals surface area contributed by atoms with Crippen LogP contribution in [0.4, 0.5) is 0 Å². The number of rotatable bonds is 2. The molecule has 0 atom stereocenters. The Bertz CT molecular complexity index is 144. The standard InChI is InChI=1S/C10H20N2/c11-10(5-6-10)9-12-7-3-1-2-4-8-12/h1-9,11H2. The van der Waals surface area contributed by atoms with E-state index < -0.39 is 0 Å². The molecule has 2 heteroatoms. The van der Waals surface area contributed by atoms with Crippen molar-refractivity contribution in [3.05, 3.63) is 0 Å². The van der Waals surface area contributed by atoms with Gasteiger partial charge < -0.3 is 10.6 Å². The van der Waals surface area contributed by atoms with Gasteiger partial charge in [-0.1, -0.05) is 12.8 Å². The van der Waals surface area contributed by atoms with Crippen LogP contribution < -0.4 is 5.73 Å². The lowest BCUT2D eigenvalue weighted by Gasteiger charge is -2.23. The molecule has 0 spiro atoms. The molecule has 70 valence electrons. The summed E-state index contributed by atoms with van der Waals surface area (Å²) in [4.78, 5) is 2.57. The van der Waals surface area contributed by atoms with Gasteiger partial charge in [0.15, 0.2) is 0 Å². The van der Waals surface area contributed by atoms with Crippen molar-refractivity contribution < 1.29 is 0 Å². The molecule has 0 aromatic rings. The molecule has 0 amide bonds. The van der Waals surface area contributed by atoms with E-state index in [1.165, 1.54) is 51.6 Å². The molecule has 1 saturated carbocycles. The lowest BCUT2D eigenvalue weighted by Crippen LogP contribution is -2.39. The second-order valence-corrected chi connectivity index (χ2v) is 4.55. The molecule has 1 aliphatic carbocycles. The predicted molar refractivity (Wildman–Crippen MR) is 51.1 cm³/mol. The number of hydrogen-bond donors (Lipinski definition) is 1. The van der Waals surface area contributed by atoms with Gasteiger partial charge in [0, 0.05) is 12.1 Å². The van der Waals surface area contributed by atoms with Crippen LogP contribution in [0.2, 0.25) is 0 Å². The first-order valence-electron chi connectivity index (χ1n) is 5.30. The van der Waals surface area contributed by atoms with E-state index in [1.54, 1.807) is 0 Å². The second-order valence-electron chi connectivity index (χ2n) is 4.55. The Morgan fingerprint density at radius 3 is 2.08 bits per heavy atom. The van der Waals surface area contributed by atoms with Gasteiger partial charge in [0.25, 0.3) is 0 Å². The largest absolute Gasteiger partial charge is 0.324 e. The zero-order chi connectivity index (χ0) is 8.44. The van der Waals surface area contributed by atoms with Gasteiger partial charge >= 0.3 is 0 Å². The summed E-state index contributed by atoms with van der Waals surface area (Å²) in [6.45, 7) is 3.74. The molecule has 1 saturated heterocycles. The van der Waals surface area contributed by atoms with Crippen LogP contribution in [0.5, 0.6) is 0 Å². The summed E-state index contributed by atoms with van der Waals surface area (Å²) in [7, 11) is 0. The fourth-order valence-corrected chi connectivity index (χ4v) is 2.06. The van der Waals surface area contributed by atoms with Crippen molar-refractivity contribution >= 4 is 0 Å². The first kappa shape index (κ1) is 8.52. The smallest absolute Gasteiger partial charge is 0.0284 e. The van der Waals surface area contributed by atoms with E-state index in [9.17, 15) is 0 Å². The van der Waals surface area contributed by atoms with Crippen LogP contribution in [-0.2, 0) is 0 Å². The minimum Gasteiger partial charge on any atom is -0.324 e. The SMILES string of the molecule is NC1(CN2CCCCCC2)CC1. The van der Waals surface area contributed by atoms with Crippen molar-refractivity contribution in [2.24, 2.45) is 5.73 Å². The van der Waals surface area contributed by atoms with E-state index in [2.05, 4.69) is 4.90 Å². The molecule has 0 radical (unpaired) electrons. The van der Waals surface area contributed by atoms with Crippen molar-refractivity contribution in [3.63, 3.8) is 0 Å². The van der Waals surface area contributed by atoms with Crippen LogP contribution in [0, 0.1) is 0 Å². The van der Waals surface area contributed by atoms with Gasteiger partial charge in [-0.05, 0) is 38.8 Å². The monoisotopic (exact) mass is 168 g/mol. The molecule has 2 nitrogen and oxygen atoms in total. The minimum atomic E-state index is 0.227. The van der Waals surface area contributed by atoms with E-state index in [0.717, 1.165) is 6.54 Å². The van der Waals surface area contributed by atoms with Gasteiger partial charge in [0.05, 0.1) is 0 Å². The van der Waals surface area contributed by atoms with Crippen molar-refractivity contribution in [3.8, 4) is 0 Å². The fourth-order valence-electron chi connectivity index (χ4n) is 2.06. The molecule has 1 heterocycles. The molecule has 0 unspecified atom stereocenters. The van der Waals surface area contributed by atoms with Crippen LogP contribution in [0.15, 0.2) is 0 Å². The average Bonchev–Trinajstić information content (AvgIpc) is 2.78. The van der Waals surface area contributed by atoms with Crippen LogP contribution >= 0.6 is 0 Å². The number of likely N-dealkylation sites (tertiary alicyclic amines) is 1. The molecule has 2 rings (SSSR count). The first-order valence-corrected chi connectivity index (χ1v) is 5.30. The van der Waals surface area contributed by atoms with Gasteiger partial charge in [-0.2, -0.15) is 0 Å². The maximum atomic E-state index is 6.09. The fraction of sp³-hybridized carbons (Fsp3) is 1.00. The second kappa shape index (κ2) is 3.35. The highest BCUT2D eigenvalue weighted by Crippen LogP contribution is 2.33. The van der Waals surface area contributed by atoms with Crippen LogP contribution in [0.1, 0.15) is 38.5 Å². The molecule has 0 aromatic heterocycles. The Morgan fingerprint density at radius 1 is 1.00 bits per heavy atom. The molecule has 12 heavy (non-hydrogen) atoms. The predicted octanol–water partition coefficient (Wildman–Crippen LogP) is 1.35. The van der Waals surface area contributed by atoms with Crippen molar-refractivity contribution in [2.75, 3.05) is 19.6 Å². The summed E-state index contributed by atoms with van der Waals surface area (Å²) < 4.78 is 0. The topological polar surface area (TPSA) is 29.3 Å². The summed E-state index contributed by atoms with van der Waals surface area (Å²) >= 11 is 0. The Kier molecular flexibility index (Phi) is 2.37. The van der Waals surface area contributed by atoms with Gasteiger partial charge in [0.2, 0.25) is 0 Å².